The summed E-state index contributed by atoms with van der Waals surface area (Å²) >= 11 is 0. The predicted molar refractivity (Wildman–Crippen MR) is 132 cm³/mol. The molecule has 0 amide bonds. The van der Waals surface area contributed by atoms with Crippen molar-refractivity contribution in [3.8, 4) is 0 Å². The van der Waals surface area contributed by atoms with Gasteiger partial charge in [0, 0.05) is 24.2 Å². The summed E-state index contributed by atoms with van der Waals surface area (Å²) in [6, 6.07) is 0. The first kappa shape index (κ1) is 24.0. The fourth-order valence-electron chi connectivity index (χ4n) is 10.1. The quantitative estimate of drug-likeness (QED) is 0.457. The Kier molecular flexibility index (Phi) is 5.39. The molecule has 5 fully saturated rings. The molecule has 1 saturated heterocycles. The third kappa shape index (κ3) is 3.09. The zero-order valence-corrected chi connectivity index (χ0v) is 22.4. The second kappa shape index (κ2) is 7.40. The summed E-state index contributed by atoms with van der Waals surface area (Å²) in [5, 5.41) is 0. The second-order valence-electron chi connectivity index (χ2n) is 14.6. The van der Waals surface area contributed by atoms with Crippen LogP contribution < -0.4 is 0 Å². The molecule has 0 aromatic heterocycles. The Morgan fingerprint density at radius 1 is 0.970 bits per heavy atom. The van der Waals surface area contributed by atoms with Crippen LogP contribution in [0, 0.1) is 50.7 Å². The molecule has 0 aromatic rings. The van der Waals surface area contributed by atoms with Crippen molar-refractivity contribution < 1.29 is 14.3 Å². The molecule has 0 radical (unpaired) electrons. The summed E-state index contributed by atoms with van der Waals surface area (Å²) in [7, 11) is 0. The van der Waals surface area contributed by atoms with E-state index in [1.807, 2.05) is 13.8 Å². The van der Waals surface area contributed by atoms with Crippen LogP contribution in [0.5, 0.6) is 0 Å². The molecule has 0 aromatic carbocycles. The van der Waals surface area contributed by atoms with Crippen LogP contribution in [0.25, 0.3) is 0 Å². The Morgan fingerprint density at radius 3 is 2.36 bits per heavy atom. The van der Waals surface area contributed by atoms with Crippen LogP contribution in [0.3, 0.4) is 0 Å². The largest absolute Gasteiger partial charge is 0.377 e. The number of ketones is 2. The Labute approximate surface area is 202 Å². The van der Waals surface area contributed by atoms with Crippen LogP contribution in [0.2, 0.25) is 0 Å². The first-order valence-electron chi connectivity index (χ1n) is 14.0. The van der Waals surface area contributed by atoms with Gasteiger partial charge in [-0.2, -0.15) is 0 Å². The smallest absolute Gasteiger partial charge is 0.139 e. The highest BCUT2D eigenvalue weighted by Gasteiger charge is 2.71. The summed E-state index contributed by atoms with van der Waals surface area (Å²) < 4.78 is 6.65. The minimum atomic E-state index is -0.345. The summed E-state index contributed by atoms with van der Waals surface area (Å²) in [5.41, 5.74) is 0.761. The van der Waals surface area contributed by atoms with Crippen molar-refractivity contribution in [3.63, 3.8) is 0 Å². The van der Waals surface area contributed by atoms with Gasteiger partial charge >= 0.3 is 0 Å². The Balaban J connectivity index is 1.49. The number of carbonyl (C=O) groups is 2. The van der Waals surface area contributed by atoms with E-state index in [1.165, 1.54) is 32.1 Å². The minimum Gasteiger partial charge on any atom is -0.377 e. The molecule has 0 N–H and O–H groups in total. The van der Waals surface area contributed by atoms with E-state index >= 15 is 0 Å². The highest BCUT2D eigenvalue weighted by atomic mass is 16.5. The van der Waals surface area contributed by atoms with Crippen molar-refractivity contribution in [1.29, 1.82) is 0 Å². The van der Waals surface area contributed by atoms with E-state index < -0.39 is 0 Å². The number of Topliss-reactive ketones (excluding diaryl/α,β-unsaturated/α-hetero) is 2. The van der Waals surface area contributed by atoms with E-state index in [2.05, 4.69) is 34.6 Å². The summed E-state index contributed by atoms with van der Waals surface area (Å²) in [6.45, 7) is 17.2. The van der Waals surface area contributed by atoms with Gasteiger partial charge in [0.1, 0.15) is 11.6 Å². The van der Waals surface area contributed by atoms with Crippen LogP contribution in [0.1, 0.15) is 113 Å². The van der Waals surface area contributed by atoms with Gasteiger partial charge in [0.2, 0.25) is 0 Å². The van der Waals surface area contributed by atoms with E-state index in [0.717, 1.165) is 25.9 Å². The van der Waals surface area contributed by atoms with Gasteiger partial charge in [-0.25, -0.2) is 0 Å². The molecule has 5 rings (SSSR count). The number of fused-ring (bicyclic) bond motifs is 3. The molecule has 1 aliphatic heterocycles. The third-order valence-electron chi connectivity index (χ3n) is 12.7. The number of rotatable bonds is 4. The first-order valence-corrected chi connectivity index (χ1v) is 14.0. The van der Waals surface area contributed by atoms with Crippen LogP contribution in [0.15, 0.2) is 0 Å². The van der Waals surface area contributed by atoms with Gasteiger partial charge in [-0.15, -0.1) is 0 Å². The maximum absolute atomic E-state index is 13.5. The molecule has 2 bridgehead atoms. The lowest BCUT2D eigenvalue weighted by Gasteiger charge is -2.70. The molecule has 1 heterocycles. The van der Waals surface area contributed by atoms with Crippen molar-refractivity contribution in [2.75, 3.05) is 6.61 Å². The van der Waals surface area contributed by atoms with E-state index in [9.17, 15) is 9.59 Å². The predicted octanol–water partition coefficient (Wildman–Crippen LogP) is 7.01. The highest BCUT2D eigenvalue weighted by molar-refractivity contribution is 5.87. The monoisotopic (exact) mass is 456 g/mol. The van der Waals surface area contributed by atoms with Crippen LogP contribution in [0.4, 0.5) is 0 Å². The Morgan fingerprint density at radius 2 is 1.67 bits per heavy atom. The zero-order valence-electron chi connectivity index (χ0n) is 22.4. The van der Waals surface area contributed by atoms with Gasteiger partial charge in [-0.3, -0.25) is 9.59 Å². The van der Waals surface area contributed by atoms with Gasteiger partial charge in [0.25, 0.3) is 0 Å². The molecule has 3 heteroatoms. The van der Waals surface area contributed by atoms with Crippen molar-refractivity contribution in [2.45, 2.75) is 119 Å². The molecule has 4 saturated carbocycles. The van der Waals surface area contributed by atoms with Gasteiger partial charge in [0.15, 0.2) is 0 Å². The van der Waals surface area contributed by atoms with Gasteiger partial charge in [-0.05, 0) is 90.8 Å². The average Bonchev–Trinajstić information content (AvgIpc) is 3.09. The van der Waals surface area contributed by atoms with Gasteiger partial charge in [-0.1, -0.05) is 48.5 Å². The zero-order chi connectivity index (χ0) is 24.0. The maximum Gasteiger partial charge on any atom is 0.139 e. The van der Waals surface area contributed by atoms with E-state index in [1.54, 1.807) is 0 Å². The summed E-state index contributed by atoms with van der Waals surface area (Å²) in [5.74, 6) is 2.59. The summed E-state index contributed by atoms with van der Waals surface area (Å²) in [6.07, 6.45) is 11.0. The lowest BCUT2D eigenvalue weighted by atomic mass is 9.34. The molecular formula is C30H48O3. The fourth-order valence-corrected chi connectivity index (χ4v) is 10.1. The first-order chi connectivity index (χ1) is 15.3. The molecule has 0 spiro atoms. The van der Waals surface area contributed by atoms with Gasteiger partial charge < -0.3 is 4.74 Å². The lowest BCUT2D eigenvalue weighted by Crippen LogP contribution is -2.65. The SMILES string of the molecule is CC(C)C(=O)CC[C@@]1(C)C(=O)CC[C@]2(C)C1CCC1C3[C@H]4OC[C@@]3(CCC4(C)C)CC[C@]12C. The van der Waals surface area contributed by atoms with Crippen LogP contribution in [-0.2, 0) is 14.3 Å². The number of hydrogen-bond donors (Lipinski definition) is 0. The molecular weight excluding hydrogens is 408 g/mol. The normalized spacial score (nSPS) is 50.5. The molecule has 3 unspecified atom stereocenters. The van der Waals surface area contributed by atoms with Crippen LogP contribution in [-0.4, -0.2) is 24.3 Å². The number of hydrogen-bond acceptors (Lipinski definition) is 3. The molecule has 8 atom stereocenters. The second-order valence-corrected chi connectivity index (χ2v) is 14.6. The van der Waals surface area contributed by atoms with Gasteiger partial charge in [0.05, 0.1) is 12.7 Å². The number of ether oxygens (including phenoxy) is 1. The topological polar surface area (TPSA) is 43.4 Å². The molecule has 33 heavy (non-hydrogen) atoms. The van der Waals surface area contributed by atoms with Crippen molar-refractivity contribution >= 4 is 11.6 Å². The van der Waals surface area contributed by atoms with Crippen LogP contribution >= 0.6 is 0 Å². The standard InChI is InChI=1S/C30H48O3/c1-19(2)21(31)10-12-27(5)22-9-8-20-24-25-26(3,4)14-16-30(24,18-33-25)17-15-28(20,6)29(22,7)13-11-23(27)32/h19-20,22,24-25H,8-18H2,1-7H3/t20?,22?,24?,25-,27-,28-,29-,30-/m1/s1. The molecule has 4 aliphatic carbocycles. The molecule has 5 aliphatic rings. The number of carbonyl (C=O) groups excluding carboxylic acids is 2. The van der Waals surface area contributed by atoms with E-state index in [0.29, 0.717) is 53.7 Å². The Hall–Kier alpha value is -0.700. The molecule has 3 nitrogen and oxygen atoms in total. The van der Waals surface area contributed by atoms with E-state index in [-0.39, 0.29) is 27.6 Å². The fraction of sp³-hybridized carbons (Fsp3) is 0.933. The Bertz CT molecular complexity index is 843. The lowest BCUT2D eigenvalue weighted by molar-refractivity contribution is -0.214. The third-order valence-corrected chi connectivity index (χ3v) is 12.7. The summed E-state index contributed by atoms with van der Waals surface area (Å²) in [4.78, 5) is 26.0. The minimum absolute atomic E-state index is 0.0617. The van der Waals surface area contributed by atoms with Crippen molar-refractivity contribution in [3.05, 3.63) is 0 Å². The average molecular weight is 457 g/mol. The van der Waals surface area contributed by atoms with Crippen molar-refractivity contribution in [2.24, 2.45) is 50.7 Å². The highest BCUT2D eigenvalue weighted by Crippen LogP contribution is 2.75. The molecule has 186 valence electrons. The van der Waals surface area contributed by atoms with Crippen molar-refractivity contribution in [1.82, 2.24) is 0 Å². The maximum atomic E-state index is 13.5. The van der Waals surface area contributed by atoms with E-state index in [4.69, 9.17) is 4.74 Å².